The van der Waals surface area contributed by atoms with Gasteiger partial charge in [0.1, 0.15) is 0 Å². The smallest absolute Gasteiger partial charge is 0.313 e. The van der Waals surface area contributed by atoms with Crippen LogP contribution in [-0.4, -0.2) is 26.8 Å². The first kappa shape index (κ1) is 17.9. The number of halogens is 3. The molecule has 21 heavy (non-hydrogen) atoms. The van der Waals surface area contributed by atoms with Crippen LogP contribution in [0.25, 0.3) is 0 Å². The van der Waals surface area contributed by atoms with E-state index in [-0.39, 0.29) is 30.4 Å². The Balaban J connectivity index is 2.67. The molecule has 8 heteroatoms. The second-order valence-corrected chi connectivity index (χ2v) is 6.83. The van der Waals surface area contributed by atoms with Crippen molar-refractivity contribution in [3.63, 3.8) is 0 Å². The third kappa shape index (κ3) is 6.45. The van der Waals surface area contributed by atoms with Gasteiger partial charge >= 0.3 is 6.18 Å². The Bertz CT molecular complexity index is 557. The van der Waals surface area contributed by atoms with Crippen molar-refractivity contribution in [1.29, 1.82) is 0 Å². The van der Waals surface area contributed by atoms with Crippen molar-refractivity contribution in [3.05, 3.63) is 35.4 Å². The lowest BCUT2D eigenvalue weighted by molar-refractivity contribution is -0.138. The Morgan fingerprint density at radius 1 is 1.19 bits per heavy atom. The first-order valence-corrected chi connectivity index (χ1v) is 8.13. The topological polar surface area (TPSA) is 58.2 Å². The second kappa shape index (κ2) is 7.24. The standard InChI is InChI=1S/C13H19F3N2O2S/c1-10(2)17-7-8-21(19,20)18-9-11-5-3-4-6-12(11)13(14,15)16/h3-6,10,17-18H,7-9H2,1-2H3. The van der Waals surface area contributed by atoms with E-state index in [0.29, 0.717) is 0 Å². The number of hydrogen-bond acceptors (Lipinski definition) is 3. The molecule has 0 spiro atoms. The maximum atomic E-state index is 12.8. The summed E-state index contributed by atoms with van der Waals surface area (Å²) in [5, 5.41) is 2.94. The van der Waals surface area contributed by atoms with Gasteiger partial charge in [-0.15, -0.1) is 0 Å². The van der Waals surface area contributed by atoms with Gasteiger partial charge in [-0.2, -0.15) is 13.2 Å². The summed E-state index contributed by atoms with van der Waals surface area (Å²) in [6, 6.07) is 5.06. The fraction of sp³-hybridized carbons (Fsp3) is 0.538. The molecule has 0 atom stereocenters. The maximum absolute atomic E-state index is 12.8. The first-order valence-electron chi connectivity index (χ1n) is 6.47. The molecule has 0 aliphatic carbocycles. The van der Waals surface area contributed by atoms with Crippen molar-refractivity contribution in [1.82, 2.24) is 10.0 Å². The largest absolute Gasteiger partial charge is 0.416 e. The van der Waals surface area contributed by atoms with Gasteiger partial charge in [0.05, 0.1) is 11.3 Å². The Labute approximate surface area is 122 Å². The molecule has 0 aromatic heterocycles. The van der Waals surface area contributed by atoms with E-state index in [9.17, 15) is 21.6 Å². The predicted molar refractivity (Wildman–Crippen MR) is 75.2 cm³/mol. The van der Waals surface area contributed by atoms with Crippen LogP contribution >= 0.6 is 0 Å². The first-order chi connectivity index (χ1) is 9.62. The van der Waals surface area contributed by atoms with E-state index >= 15 is 0 Å². The van der Waals surface area contributed by atoms with Gasteiger partial charge in [0.2, 0.25) is 10.0 Å². The monoisotopic (exact) mass is 324 g/mol. The van der Waals surface area contributed by atoms with Crippen LogP contribution in [0, 0.1) is 0 Å². The van der Waals surface area contributed by atoms with Crippen molar-refractivity contribution in [3.8, 4) is 0 Å². The number of nitrogens with one attached hydrogen (secondary N) is 2. The normalized spacial score (nSPS) is 12.9. The van der Waals surface area contributed by atoms with E-state index in [4.69, 9.17) is 0 Å². The molecule has 0 amide bonds. The van der Waals surface area contributed by atoms with Gasteiger partial charge in [-0.3, -0.25) is 0 Å². The molecule has 0 fully saturated rings. The van der Waals surface area contributed by atoms with Crippen LogP contribution in [0.15, 0.2) is 24.3 Å². The van der Waals surface area contributed by atoms with Crippen LogP contribution < -0.4 is 10.0 Å². The van der Waals surface area contributed by atoms with Gasteiger partial charge in [-0.1, -0.05) is 32.0 Å². The zero-order valence-electron chi connectivity index (χ0n) is 11.9. The SMILES string of the molecule is CC(C)NCCS(=O)(=O)NCc1ccccc1C(F)(F)F. The summed E-state index contributed by atoms with van der Waals surface area (Å²) in [6.07, 6.45) is -4.50. The number of sulfonamides is 1. The molecule has 1 aromatic carbocycles. The van der Waals surface area contributed by atoms with E-state index < -0.39 is 21.8 Å². The lowest BCUT2D eigenvalue weighted by atomic mass is 10.1. The minimum absolute atomic E-state index is 0.0922. The van der Waals surface area contributed by atoms with Crippen LogP contribution in [0.4, 0.5) is 13.2 Å². The molecule has 120 valence electrons. The van der Waals surface area contributed by atoms with Crippen LogP contribution in [0.3, 0.4) is 0 Å². The summed E-state index contributed by atoms with van der Waals surface area (Å²) in [6.45, 7) is 3.62. The van der Waals surface area contributed by atoms with E-state index in [1.54, 1.807) is 0 Å². The summed E-state index contributed by atoms with van der Waals surface area (Å²) >= 11 is 0. The highest BCUT2D eigenvalue weighted by atomic mass is 32.2. The fourth-order valence-electron chi connectivity index (χ4n) is 1.69. The molecule has 1 rings (SSSR count). The lowest BCUT2D eigenvalue weighted by Crippen LogP contribution is -2.34. The molecular formula is C13H19F3N2O2S. The van der Waals surface area contributed by atoms with Gasteiger partial charge in [0.15, 0.2) is 0 Å². The van der Waals surface area contributed by atoms with E-state index in [1.165, 1.54) is 18.2 Å². The van der Waals surface area contributed by atoms with Gasteiger partial charge < -0.3 is 5.32 Å². The molecule has 0 bridgehead atoms. The highest BCUT2D eigenvalue weighted by Crippen LogP contribution is 2.31. The van der Waals surface area contributed by atoms with Crippen molar-refractivity contribution >= 4 is 10.0 Å². The van der Waals surface area contributed by atoms with Crippen LogP contribution in [0.2, 0.25) is 0 Å². The van der Waals surface area contributed by atoms with Crippen LogP contribution in [0.1, 0.15) is 25.0 Å². The maximum Gasteiger partial charge on any atom is 0.416 e. The average Bonchev–Trinajstić information content (AvgIpc) is 2.35. The molecule has 0 saturated heterocycles. The van der Waals surface area contributed by atoms with Crippen molar-refractivity contribution < 1.29 is 21.6 Å². The second-order valence-electron chi connectivity index (χ2n) is 4.90. The quantitative estimate of drug-likeness (QED) is 0.808. The summed E-state index contributed by atoms with van der Waals surface area (Å²) in [7, 11) is -3.62. The minimum Gasteiger partial charge on any atom is -0.313 e. The van der Waals surface area contributed by atoms with Gasteiger partial charge in [-0.05, 0) is 11.6 Å². The Morgan fingerprint density at radius 2 is 1.81 bits per heavy atom. The zero-order valence-corrected chi connectivity index (χ0v) is 12.7. The third-order valence-corrected chi connectivity index (χ3v) is 4.05. The molecule has 0 aliphatic rings. The molecule has 0 heterocycles. The van der Waals surface area contributed by atoms with Gasteiger partial charge in [0.25, 0.3) is 0 Å². The molecule has 0 radical (unpaired) electrons. The van der Waals surface area contributed by atoms with Crippen molar-refractivity contribution in [2.45, 2.75) is 32.6 Å². The number of rotatable bonds is 7. The molecule has 0 saturated carbocycles. The summed E-state index contributed by atoms with van der Waals surface area (Å²) in [4.78, 5) is 0. The fourth-order valence-corrected chi connectivity index (χ4v) is 2.60. The molecular weight excluding hydrogens is 305 g/mol. The van der Waals surface area contributed by atoms with E-state index in [2.05, 4.69) is 10.0 Å². The van der Waals surface area contributed by atoms with E-state index in [0.717, 1.165) is 6.07 Å². The minimum atomic E-state index is -4.50. The molecule has 0 unspecified atom stereocenters. The number of alkyl halides is 3. The van der Waals surface area contributed by atoms with Gasteiger partial charge in [0, 0.05) is 19.1 Å². The summed E-state index contributed by atoms with van der Waals surface area (Å²) < 4.78 is 63.9. The van der Waals surface area contributed by atoms with Gasteiger partial charge in [-0.25, -0.2) is 13.1 Å². The Morgan fingerprint density at radius 3 is 2.38 bits per heavy atom. The number of hydrogen-bond donors (Lipinski definition) is 2. The average molecular weight is 324 g/mol. The zero-order chi connectivity index (χ0) is 16.1. The predicted octanol–water partition coefficient (Wildman–Crippen LogP) is 2.12. The Hall–Kier alpha value is -1.12. The highest BCUT2D eigenvalue weighted by molar-refractivity contribution is 7.89. The third-order valence-electron chi connectivity index (χ3n) is 2.73. The van der Waals surface area contributed by atoms with Crippen molar-refractivity contribution in [2.75, 3.05) is 12.3 Å². The Kier molecular flexibility index (Phi) is 6.18. The molecule has 0 aliphatic heterocycles. The van der Waals surface area contributed by atoms with Crippen LogP contribution in [0.5, 0.6) is 0 Å². The molecule has 2 N–H and O–H groups in total. The van der Waals surface area contributed by atoms with Crippen molar-refractivity contribution in [2.24, 2.45) is 0 Å². The summed E-state index contributed by atoms with van der Waals surface area (Å²) in [5.41, 5.74) is -0.918. The molecule has 4 nitrogen and oxygen atoms in total. The number of benzene rings is 1. The highest BCUT2D eigenvalue weighted by Gasteiger charge is 2.32. The molecule has 1 aromatic rings. The van der Waals surface area contributed by atoms with E-state index in [1.807, 2.05) is 13.8 Å². The summed E-state index contributed by atoms with van der Waals surface area (Å²) in [5.74, 6) is -0.181. The van der Waals surface area contributed by atoms with Crippen LogP contribution in [-0.2, 0) is 22.7 Å². The lowest BCUT2D eigenvalue weighted by Gasteiger charge is -2.14.